The van der Waals surface area contributed by atoms with E-state index in [-0.39, 0.29) is 23.2 Å². The van der Waals surface area contributed by atoms with Gasteiger partial charge in [0, 0.05) is 12.6 Å². The zero-order valence-corrected chi connectivity index (χ0v) is 15.2. The third-order valence-corrected chi connectivity index (χ3v) is 6.29. The Morgan fingerprint density at radius 1 is 1.28 bits per heavy atom. The number of aromatic nitrogens is 3. The normalized spacial score (nSPS) is 18.8. The molecule has 132 valence electrons. The number of aryl methyl sites for hydroxylation is 1. The number of anilines is 1. The van der Waals surface area contributed by atoms with E-state index in [4.69, 9.17) is 0 Å². The van der Waals surface area contributed by atoms with Gasteiger partial charge in [-0.2, -0.15) is 5.26 Å². The van der Waals surface area contributed by atoms with E-state index >= 15 is 0 Å². The van der Waals surface area contributed by atoms with Crippen molar-refractivity contribution in [1.82, 2.24) is 15.0 Å². The number of nitriles is 1. The predicted molar refractivity (Wildman–Crippen MR) is 95.5 cm³/mol. The van der Waals surface area contributed by atoms with E-state index in [2.05, 4.69) is 23.2 Å². The van der Waals surface area contributed by atoms with Crippen molar-refractivity contribution in [2.45, 2.75) is 32.7 Å². The van der Waals surface area contributed by atoms with Crippen molar-refractivity contribution in [3.8, 4) is 11.8 Å². The third-order valence-electron chi connectivity index (χ3n) is 4.54. The van der Waals surface area contributed by atoms with Crippen LogP contribution >= 0.6 is 0 Å². The third kappa shape index (κ3) is 3.51. The van der Waals surface area contributed by atoms with E-state index < -0.39 is 9.84 Å². The number of benzene rings is 1. The molecule has 3 rings (SSSR count). The SMILES string of the molecule is CCc1ccc(-n2nc(C#N)c(N(CC)C3CCS(=O)(=O)C3)n2)cc1. The van der Waals surface area contributed by atoms with E-state index in [1.165, 1.54) is 10.4 Å². The van der Waals surface area contributed by atoms with E-state index in [9.17, 15) is 13.7 Å². The summed E-state index contributed by atoms with van der Waals surface area (Å²) in [6.07, 6.45) is 1.50. The highest BCUT2D eigenvalue weighted by atomic mass is 32.2. The number of rotatable bonds is 5. The largest absolute Gasteiger partial charge is 0.349 e. The molecule has 0 amide bonds. The van der Waals surface area contributed by atoms with Gasteiger partial charge in [-0.05, 0) is 37.5 Å². The van der Waals surface area contributed by atoms with Crippen LogP contribution in [0.25, 0.3) is 5.69 Å². The fourth-order valence-corrected chi connectivity index (χ4v) is 4.88. The Labute approximate surface area is 147 Å². The highest BCUT2D eigenvalue weighted by Gasteiger charge is 2.34. The summed E-state index contributed by atoms with van der Waals surface area (Å²) in [6.45, 7) is 4.59. The Hall–Kier alpha value is -2.40. The van der Waals surface area contributed by atoms with Crippen molar-refractivity contribution in [3.05, 3.63) is 35.5 Å². The molecule has 2 heterocycles. The van der Waals surface area contributed by atoms with Crippen molar-refractivity contribution >= 4 is 15.7 Å². The zero-order valence-electron chi connectivity index (χ0n) is 14.4. The molecule has 0 radical (unpaired) electrons. The summed E-state index contributed by atoms with van der Waals surface area (Å²) in [5.74, 6) is 0.735. The topological polar surface area (TPSA) is 91.9 Å². The highest BCUT2D eigenvalue weighted by Crippen LogP contribution is 2.25. The van der Waals surface area contributed by atoms with Gasteiger partial charge in [-0.1, -0.05) is 19.1 Å². The van der Waals surface area contributed by atoms with Crippen LogP contribution in [0.2, 0.25) is 0 Å². The van der Waals surface area contributed by atoms with Crippen LogP contribution in [0.3, 0.4) is 0 Å². The van der Waals surface area contributed by atoms with Crippen LogP contribution in [0, 0.1) is 11.3 Å². The average Bonchev–Trinajstić information content (AvgIpc) is 3.19. The summed E-state index contributed by atoms with van der Waals surface area (Å²) in [4.78, 5) is 3.33. The number of sulfone groups is 1. The molecule has 1 aromatic heterocycles. The molecule has 8 heteroatoms. The molecule has 1 aliphatic rings. The first-order valence-corrected chi connectivity index (χ1v) is 10.2. The molecule has 0 saturated carbocycles. The Kier molecular flexibility index (Phi) is 4.77. The van der Waals surface area contributed by atoms with Crippen molar-refractivity contribution in [1.29, 1.82) is 5.26 Å². The van der Waals surface area contributed by atoms with E-state index in [0.29, 0.717) is 18.8 Å². The Balaban J connectivity index is 1.95. The van der Waals surface area contributed by atoms with Gasteiger partial charge < -0.3 is 4.90 Å². The molecule has 1 atom stereocenters. The van der Waals surface area contributed by atoms with Gasteiger partial charge in [0.15, 0.2) is 15.7 Å². The van der Waals surface area contributed by atoms with Gasteiger partial charge in [0.2, 0.25) is 5.69 Å². The monoisotopic (exact) mass is 359 g/mol. The molecule has 25 heavy (non-hydrogen) atoms. The summed E-state index contributed by atoms with van der Waals surface area (Å²) < 4.78 is 23.6. The molecule has 1 aliphatic heterocycles. The van der Waals surface area contributed by atoms with Crippen LogP contribution in [-0.4, -0.2) is 47.5 Å². The molecule has 2 aromatic rings. The Morgan fingerprint density at radius 3 is 2.52 bits per heavy atom. The summed E-state index contributed by atoms with van der Waals surface area (Å²) in [5.41, 5.74) is 2.20. The summed E-state index contributed by atoms with van der Waals surface area (Å²) in [5, 5.41) is 18.2. The van der Waals surface area contributed by atoms with Crippen LogP contribution in [0.4, 0.5) is 5.82 Å². The van der Waals surface area contributed by atoms with E-state index in [1.807, 2.05) is 36.1 Å². The van der Waals surface area contributed by atoms with Crippen LogP contribution in [-0.2, 0) is 16.3 Å². The van der Waals surface area contributed by atoms with Crippen molar-refractivity contribution in [2.75, 3.05) is 23.0 Å². The smallest absolute Gasteiger partial charge is 0.207 e. The number of nitrogens with zero attached hydrogens (tertiary/aromatic N) is 5. The zero-order chi connectivity index (χ0) is 18.0. The lowest BCUT2D eigenvalue weighted by atomic mass is 10.2. The number of hydrogen-bond acceptors (Lipinski definition) is 6. The maximum atomic E-state index is 11.8. The molecule has 1 fully saturated rings. The fourth-order valence-electron chi connectivity index (χ4n) is 3.15. The fraction of sp³-hybridized carbons (Fsp3) is 0.471. The molecule has 1 aromatic carbocycles. The van der Waals surface area contributed by atoms with Gasteiger partial charge in [-0.25, -0.2) is 8.42 Å². The van der Waals surface area contributed by atoms with E-state index in [0.717, 1.165) is 12.1 Å². The van der Waals surface area contributed by atoms with Gasteiger partial charge in [0.1, 0.15) is 6.07 Å². The Morgan fingerprint density at radius 2 is 2.00 bits per heavy atom. The molecule has 0 aliphatic carbocycles. The first kappa shape index (κ1) is 17.4. The molecular weight excluding hydrogens is 338 g/mol. The average molecular weight is 359 g/mol. The minimum absolute atomic E-state index is 0.101. The Bertz CT molecular complexity index is 896. The van der Waals surface area contributed by atoms with Crippen LogP contribution in [0.15, 0.2) is 24.3 Å². The predicted octanol–water partition coefficient (Wildman–Crippen LogP) is 1.71. The van der Waals surface area contributed by atoms with Crippen LogP contribution in [0.1, 0.15) is 31.5 Å². The lowest BCUT2D eigenvalue weighted by molar-refractivity contribution is 0.599. The summed E-state index contributed by atoms with van der Waals surface area (Å²) in [7, 11) is -3.01. The summed E-state index contributed by atoms with van der Waals surface area (Å²) in [6, 6.07) is 9.77. The van der Waals surface area contributed by atoms with Gasteiger partial charge in [0.25, 0.3) is 0 Å². The van der Waals surface area contributed by atoms with E-state index in [1.54, 1.807) is 0 Å². The minimum atomic E-state index is -3.01. The maximum absolute atomic E-state index is 11.8. The lowest BCUT2D eigenvalue weighted by Gasteiger charge is -2.26. The summed E-state index contributed by atoms with van der Waals surface area (Å²) >= 11 is 0. The molecule has 0 bridgehead atoms. The first-order chi connectivity index (χ1) is 12.0. The van der Waals surface area contributed by atoms with Gasteiger partial charge in [-0.3, -0.25) is 0 Å². The van der Waals surface area contributed by atoms with Crippen molar-refractivity contribution < 1.29 is 8.42 Å². The standard InChI is InChI=1S/C17H21N5O2S/c1-3-13-5-7-14(8-6-13)22-19-16(11-18)17(20-22)21(4-2)15-9-10-25(23,24)12-15/h5-8,15H,3-4,9-10,12H2,1-2H3. The maximum Gasteiger partial charge on any atom is 0.207 e. The molecule has 7 nitrogen and oxygen atoms in total. The lowest BCUT2D eigenvalue weighted by Crippen LogP contribution is -2.37. The van der Waals surface area contributed by atoms with Crippen LogP contribution in [0.5, 0.6) is 0 Å². The first-order valence-electron chi connectivity index (χ1n) is 8.41. The molecule has 1 saturated heterocycles. The minimum Gasteiger partial charge on any atom is -0.349 e. The quantitative estimate of drug-likeness (QED) is 0.807. The molecular formula is C17H21N5O2S. The van der Waals surface area contributed by atoms with Gasteiger partial charge in [0.05, 0.1) is 17.2 Å². The molecule has 0 spiro atoms. The molecule has 0 N–H and O–H groups in total. The van der Waals surface area contributed by atoms with Gasteiger partial charge >= 0.3 is 0 Å². The van der Waals surface area contributed by atoms with Crippen LogP contribution < -0.4 is 4.90 Å². The van der Waals surface area contributed by atoms with Gasteiger partial charge in [-0.15, -0.1) is 15.0 Å². The number of hydrogen-bond donors (Lipinski definition) is 0. The second-order valence-electron chi connectivity index (χ2n) is 6.14. The van der Waals surface area contributed by atoms with Crippen molar-refractivity contribution in [2.24, 2.45) is 0 Å². The second kappa shape index (κ2) is 6.84. The highest BCUT2D eigenvalue weighted by molar-refractivity contribution is 7.91. The molecule has 1 unspecified atom stereocenters. The second-order valence-corrected chi connectivity index (χ2v) is 8.37. The van der Waals surface area contributed by atoms with Crippen molar-refractivity contribution in [3.63, 3.8) is 0 Å².